The summed E-state index contributed by atoms with van der Waals surface area (Å²) in [6.45, 7) is 0.334. The van der Waals surface area contributed by atoms with E-state index < -0.39 is 0 Å². The summed E-state index contributed by atoms with van der Waals surface area (Å²) in [5.41, 5.74) is 6.87. The van der Waals surface area contributed by atoms with Crippen molar-refractivity contribution in [3.05, 3.63) is 117 Å². The van der Waals surface area contributed by atoms with Gasteiger partial charge in [-0.15, -0.1) is 0 Å². The molecule has 0 radical (unpaired) electrons. The van der Waals surface area contributed by atoms with Crippen LogP contribution in [0.1, 0.15) is 51.9 Å². The van der Waals surface area contributed by atoms with Crippen LogP contribution in [-0.4, -0.2) is 10.9 Å². The molecule has 0 bridgehead atoms. The fourth-order valence-corrected chi connectivity index (χ4v) is 5.36. The zero-order valence-electron chi connectivity index (χ0n) is 20.5. The summed E-state index contributed by atoms with van der Waals surface area (Å²) in [7, 11) is 0. The van der Waals surface area contributed by atoms with Crippen molar-refractivity contribution in [2.45, 2.75) is 45.1 Å². The first-order valence-electron chi connectivity index (χ1n) is 12.6. The summed E-state index contributed by atoms with van der Waals surface area (Å²) in [5, 5.41) is 10.3. The molecule has 188 valence electrons. The van der Waals surface area contributed by atoms with Crippen LogP contribution in [0, 0.1) is 0 Å². The SMILES string of the molecule is O=C(Cc1ccc2c(c1)CCCCC2)c1ccc(-c2cc(Cl)c(O)c(Cl)c2)cc1OCc1ccccc1. The van der Waals surface area contributed by atoms with Gasteiger partial charge in [0.2, 0.25) is 0 Å². The van der Waals surface area contributed by atoms with Crippen molar-refractivity contribution in [1.29, 1.82) is 0 Å². The normalized spacial score (nSPS) is 13.0. The number of halogens is 2. The van der Waals surface area contributed by atoms with Crippen LogP contribution in [0.3, 0.4) is 0 Å². The maximum absolute atomic E-state index is 13.5. The average molecular weight is 531 g/mol. The van der Waals surface area contributed by atoms with Crippen LogP contribution in [0.4, 0.5) is 0 Å². The van der Waals surface area contributed by atoms with Crippen molar-refractivity contribution in [3.63, 3.8) is 0 Å². The third-order valence-electron chi connectivity index (χ3n) is 6.90. The lowest BCUT2D eigenvalue weighted by atomic mass is 9.95. The Morgan fingerprint density at radius 2 is 1.49 bits per heavy atom. The highest BCUT2D eigenvalue weighted by Crippen LogP contribution is 2.38. The van der Waals surface area contributed by atoms with E-state index in [9.17, 15) is 9.90 Å². The summed E-state index contributed by atoms with van der Waals surface area (Å²) < 4.78 is 6.20. The molecule has 0 aliphatic heterocycles. The molecule has 0 unspecified atom stereocenters. The Morgan fingerprint density at radius 3 is 2.24 bits per heavy atom. The van der Waals surface area contributed by atoms with E-state index in [1.54, 1.807) is 18.2 Å². The van der Waals surface area contributed by atoms with Crippen LogP contribution in [0.2, 0.25) is 10.0 Å². The third kappa shape index (κ3) is 6.01. The van der Waals surface area contributed by atoms with Gasteiger partial charge in [0.05, 0.1) is 15.6 Å². The van der Waals surface area contributed by atoms with Crippen molar-refractivity contribution >= 4 is 29.0 Å². The molecule has 1 N–H and O–H groups in total. The van der Waals surface area contributed by atoms with Gasteiger partial charge in [0.1, 0.15) is 12.4 Å². The average Bonchev–Trinajstić information content (AvgIpc) is 3.16. The van der Waals surface area contributed by atoms with E-state index in [-0.39, 0.29) is 21.6 Å². The Balaban J connectivity index is 1.45. The summed E-state index contributed by atoms with van der Waals surface area (Å²) in [6.07, 6.45) is 6.20. The Morgan fingerprint density at radius 1 is 0.757 bits per heavy atom. The lowest BCUT2D eigenvalue weighted by Crippen LogP contribution is -2.08. The second kappa shape index (κ2) is 11.4. The minimum Gasteiger partial charge on any atom is -0.505 e. The Kier molecular flexibility index (Phi) is 7.83. The molecule has 0 saturated heterocycles. The Bertz CT molecular complexity index is 1410. The van der Waals surface area contributed by atoms with Crippen LogP contribution in [0.25, 0.3) is 11.1 Å². The molecule has 5 rings (SSSR count). The van der Waals surface area contributed by atoms with Gasteiger partial charge in [0, 0.05) is 6.42 Å². The molecular formula is C32H28Cl2O3. The predicted molar refractivity (Wildman–Crippen MR) is 150 cm³/mol. The number of carbonyl (C=O) groups excluding carboxylic acids is 1. The lowest BCUT2D eigenvalue weighted by molar-refractivity contribution is 0.0988. The Labute approximate surface area is 227 Å². The molecule has 0 saturated carbocycles. The van der Waals surface area contributed by atoms with E-state index in [4.69, 9.17) is 27.9 Å². The molecule has 0 atom stereocenters. The lowest BCUT2D eigenvalue weighted by Gasteiger charge is -2.15. The van der Waals surface area contributed by atoms with Gasteiger partial charge in [-0.25, -0.2) is 0 Å². The molecule has 0 aromatic heterocycles. The van der Waals surface area contributed by atoms with Gasteiger partial charge in [0.25, 0.3) is 0 Å². The predicted octanol–water partition coefficient (Wildman–Crippen LogP) is 8.64. The maximum Gasteiger partial charge on any atom is 0.170 e. The van der Waals surface area contributed by atoms with Gasteiger partial charge in [-0.05, 0) is 83.3 Å². The zero-order valence-corrected chi connectivity index (χ0v) is 22.0. The van der Waals surface area contributed by atoms with E-state index in [2.05, 4.69) is 18.2 Å². The number of hydrogen-bond donors (Lipinski definition) is 1. The topological polar surface area (TPSA) is 46.5 Å². The van der Waals surface area contributed by atoms with Gasteiger partial charge < -0.3 is 9.84 Å². The van der Waals surface area contributed by atoms with Gasteiger partial charge >= 0.3 is 0 Å². The van der Waals surface area contributed by atoms with Crippen molar-refractivity contribution in [2.24, 2.45) is 0 Å². The minimum atomic E-state index is -0.153. The summed E-state index contributed by atoms with van der Waals surface area (Å²) in [5.74, 6) is 0.353. The molecule has 0 heterocycles. The number of aryl methyl sites for hydroxylation is 2. The summed E-state index contributed by atoms with van der Waals surface area (Å²) >= 11 is 12.3. The van der Waals surface area contributed by atoms with Crippen molar-refractivity contribution in [1.82, 2.24) is 0 Å². The summed E-state index contributed by atoms with van der Waals surface area (Å²) in [4.78, 5) is 13.5. The number of benzene rings is 4. The molecule has 0 fully saturated rings. The van der Waals surface area contributed by atoms with E-state index >= 15 is 0 Å². The van der Waals surface area contributed by atoms with E-state index in [0.717, 1.165) is 35.1 Å². The Hall–Kier alpha value is -3.27. The van der Waals surface area contributed by atoms with Gasteiger partial charge in [-0.3, -0.25) is 4.79 Å². The van der Waals surface area contributed by atoms with Crippen LogP contribution < -0.4 is 4.74 Å². The summed E-state index contributed by atoms with van der Waals surface area (Å²) in [6, 6.07) is 25.1. The zero-order chi connectivity index (χ0) is 25.8. The van der Waals surface area contributed by atoms with Crippen LogP contribution in [-0.2, 0) is 25.9 Å². The molecule has 4 aromatic rings. The first-order valence-corrected chi connectivity index (χ1v) is 13.4. The second-order valence-corrected chi connectivity index (χ2v) is 10.4. The molecule has 1 aliphatic carbocycles. The number of Topliss-reactive ketones (excluding diaryl/α,β-unsaturated/α-hetero) is 1. The van der Waals surface area contributed by atoms with Crippen LogP contribution >= 0.6 is 23.2 Å². The van der Waals surface area contributed by atoms with E-state index in [1.165, 1.54) is 30.4 Å². The number of ether oxygens (including phenoxy) is 1. The molecule has 37 heavy (non-hydrogen) atoms. The molecule has 3 nitrogen and oxygen atoms in total. The molecule has 0 amide bonds. The number of phenols is 1. The number of ketones is 1. The second-order valence-electron chi connectivity index (χ2n) is 9.54. The maximum atomic E-state index is 13.5. The van der Waals surface area contributed by atoms with Crippen molar-refractivity contribution < 1.29 is 14.6 Å². The number of hydrogen-bond acceptors (Lipinski definition) is 3. The number of phenolic OH excluding ortho intramolecular Hbond substituents is 1. The fraction of sp³-hybridized carbons (Fsp3) is 0.219. The molecule has 4 aromatic carbocycles. The molecule has 5 heteroatoms. The smallest absolute Gasteiger partial charge is 0.170 e. The third-order valence-corrected chi connectivity index (χ3v) is 7.47. The van der Waals surface area contributed by atoms with Crippen LogP contribution in [0.5, 0.6) is 11.5 Å². The van der Waals surface area contributed by atoms with Gasteiger partial charge in [-0.2, -0.15) is 0 Å². The van der Waals surface area contributed by atoms with Crippen molar-refractivity contribution in [2.75, 3.05) is 0 Å². The first-order chi connectivity index (χ1) is 18.0. The number of fused-ring (bicyclic) bond motifs is 1. The minimum absolute atomic E-state index is 0.00459. The standard InChI is InChI=1S/C32H28Cl2O3/c33-28-17-26(18-29(34)32(28)36)25-13-14-27(31(19-25)37-20-21-7-3-1-4-8-21)30(35)16-22-11-12-23-9-5-2-6-10-24(23)15-22/h1,3-4,7-8,11-15,17-19,36H,2,5-6,9-10,16,20H2. The number of rotatable bonds is 7. The molecular weight excluding hydrogens is 503 g/mol. The van der Waals surface area contributed by atoms with Crippen LogP contribution in [0.15, 0.2) is 78.9 Å². The fourth-order valence-electron chi connectivity index (χ4n) is 4.87. The van der Waals surface area contributed by atoms with E-state index in [0.29, 0.717) is 24.3 Å². The quantitative estimate of drug-likeness (QED) is 0.192. The highest BCUT2D eigenvalue weighted by Gasteiger charge is 2.18. The van der Waals surface area contributed by atoms with E-state index in [1.807, 2.05) is 42.5 Å². The first kappa shape index (κ1) is 25.4. The van der Waals surface area contributed by atoms with Gasteiger partial charge in [0.15, 0.2) is 11.5 Å². The molecule has 1 aliphatic rings. The highest BCUT2D eigenvalue weighted by molar-refractivity contribution is 6.37. The monoisotopic (exact) mass is 530 g/mol. The molecule has 0 spiro atoms. The largest absolute Gasteiger partial charge is 0.505 e. The van der Waals surface area contributed by atoms with Gasteiger partial charge in [-0.1, -0.05) is 84.2 Å². The number of aromatic hydroxyl groups is 1. The van der Waals surface area contributed by atoms with Crippen molar-refractivity contribution in [3.8, 4) is 22.6 Å². The number of carbonyl (C=O) groups is 1. The highest BCUT2D eigenvalue weighted by atomic mass is 35.5.